The van der Waals surface area contributed by atoms with Crippen molar-refractivity contribution in [3.63, 3.8) is 0 Å². The number of hydrogen-bond donors (Lipinski definition) is 2. The third-order valence-electron chi connectivity index (χ3n) is 2.11. The van der Waals surface area contributed by atoms with E-state index >= 15 is 0 Å². The molecule has 5 heteroatoms. The second-order valence-electron chi connectivity index (χ2n) is 3.43. The van der Waals surface area contributed by atoms with Crippen LogP contribution in [0.15, 0.2) is 12.1 Å². The first-order valence-electron chi connectivity index (χ1n) is 5.01. The minimum absolute atomic E-state index is 0.405. The Hall–Kier alpha value is -0.810. The van der Waals surface area contributed by atoms with Crippen molar-refractivity contribution in [3.8, 4) is 5.75 Å². The van der Waals surface area contributed by atoms with Crippen molar-refractivity contribution < 1.29 is 13.9 Å². The van der Waals surface area contributed by atoms with E-state index < -0.39 is 17.4 Å². The van der Waals surface area contributed by atoms with Crippen LogP contribution in [0.2, 0.25) is 0 Å². The Kier molecular flexibility index (Phi) is 5.55. The summed E-state index contributed by atoms with van der Waals surface area (Å²) < 4.78 is 25.9. The van der Waals surface area contributed by atoms with Crippen molar-refractivity contribution in [2.75, 3.05) is 18.6 Å². The van der Waals surface area contributed by atoms with E-state index in [0.29, 0.717) is 12.1 Å². The zero-order valence-corrected chi connectivity index (χ0v) is 9.91. The molecule has 1 aromatic carbocycles. The van der Waals surface area contributed by atoms with E-state index in [4.69, 9.17) is 5.11 Å². The first-order valence-corrected chi connectivity index (χ1v) is 6.41. The van der Waals surface area contributed by atoms with E-state index in [1.54, 1.807) is 11.8 Å². The molecular weight excluding hydrogens is 232 g/mol. The van der Waals surface area contributed by atoms with Gasteiger partial charge in [0.05, 0.1) is 0 Å². The molecule has 0 radical (unpaired) electrons. The number of nitrogens with one attached hydrogen (secondary N) is 1. The molecule has 0 aliphatic rings. The van der Waals surface area contributed by atoms with E-state index in [-0.39, 0.29) is 0 Å². The Bertz CT molecular complexity index is 324. The molecule has 0 aliphatic carbocycles. The number of hydrogen-bond acceptors (Lipinski definition) is 3. The molecule has 0 saturated carbocycles. The average Bonchev–Trinajstić information content (AvgIpc) is 2.25. The quantitative estimate of drug-likeness (QED) is 0.758. The third kappa shape index (κ3) is 3.98. The fourth-order valence-corrected chi connectivity index (χ4v) is 1.73. The first-order chi connectivity index (χ1) is 7.65. The molecule has 2 N–H and O–H groups in total. The Morgan fingerprint density at radius 3 is 2.50 bits per heavy atom. The summed E-state index contributed by atoms with van der Waals surface area (Å²) in [5.41, 5.74) is 0.497. The molecule has 0 unspecified atom stereocenters. The van der Waals surface area contributed by atoms with E-state index in [1.807, 2.05) is 6.26 Å². The van der Waals surface area contributed by atoms with Gasteiger partial charge in [0.25, 0.3) is 0 Å². The van der Waals surface area contributed by atoms with Crippen LogP contribution in [-0.4, -0.2) is 23.7 Å². The van der Waals surface area contributed by atoms with Gasteiger partial charge in [-0.3, -0.25) is 0 Å². The van der Waals surface area contributed by atoms with Gasteiger partial charge in [-0.1, -0.05) is 0 Å². The number of phenols is 1. The summed E-state index contributed by atoms with van der Waals surface area (Å²) in [7, 11) is 0. The highest BCUT2D eigenvalue weighted by Crippen LogP contribution is 2.21. The van der Waals surface area contributed by atoms with Gasteiger partial charge >= 0.3 is 0 Å². The maximum absolute atomic E-state index is 12.9. The minimum Gasteiger partial charge on any atom is -0.503 e. The molecule has 90 valence electrons. The SMILES string of the molecule is CSCCCNCc1cc(F)c(O)c(F)c1. The molecule has 0 atom stereocenters. The molecule has 0 amide bonds. The maximum Gasteiger partial charge on any atom is 0.187 e. The molecule has 0 bridgehead atoms. The van der Waals surface area contributed by atoms with E-state index in [2.05, 4.69) is 5.32 Å². The second kappa shape index (κ2) is 6.70. The zero-order valence-electron chi connectivity index (χ0n) is 9.09. The van der Waals surface area contributed by atoms with Crippen LogP contribution >= 0.6 is 11.8 Å². The van der Waals surface area contributed by atoms with Gasteiger partial charge in [0.2, 0.25) is 0 Å². The summed E-state index contributed by atoms with van der Waals surface area (Å²) >= 11 is 1.76. The molecule has 0 heterocycles. The van der Waals surface area contributed by atoms with E-state index in [9.17, 15) is 8.78 Å². The minimum atomic E-state index is -0.916. The molecule has 16 heavy (non-hydrogen) atoms. The van der Waals surface area contributed by atoms with E-state index in [1.165, 1.54) is 0 Å². The summed E-state index contributed by atoms with van der Waals surface area (Å²) in [6.07, 6.45) is 3.05. The highest BCUT2D eigenvalue weighted by molar-refractivity contribution is 7.98. The predicted octanol–water partition coefficient (Wildman–Crippen LogP) is 2.51. The standard InChI is InChI=1S/C11H15F2NOS/c1-16-4-2-3-14-7-8-5-9(12)11(15)10(13)6-8/h5-6,14-15H,2-4,7H2,1H3. The topological polar surface area (TPSA) is 32.3 Å². The molecule has 0 saturated heterocycles. The summed E-state index contributed by atoms with van der Waals surface area (Å²) in [5, 5.41) is 12.0. The normalized spacial score (nSPS) is 10.7. The highest BCUT2D eigenvalue weighted by Gasteiger charge is 2.08. The molecule has 2 nitrogen and oxygen atoms in total. The Morgan fingerprint density at radius 1 is 1.31 bits per heavy atom. The molecule has 1 aromatic rings. The van der Waals surface area contributed by atoms with Gasteiger partial charge in [-0.2, -0.15) is 11.8 Å². The molecule has 0 fully saturated rings. The van der Waals surface area contributed by atoms with Crippen LogP contribution in [0.3, 0.4) is 0 Å². The lowest BCUT2D eigenvalue weighted by atomic mass is 10.2. The molecular formula is C11H15F2NOS. The third-order valence-corrected chi connectivity index (χ3v) is 2.80. The molecule has 1 rings (SSSR count). The highest BCUT2D eigenvalue weighted by atomic mass is 32.2. The van der Waals surface area contributed by atoms with Crippen LogP contribution in [0.5, 0.6) is 5.75 Å². The van der Waals surface area contributed by atoms with Crippen molar-refractivity contribution in [2.45, 2.75) is 13.0 Å². The van der Waals surface area contributed by atoms with E-state index in [0.717, 1.165) is 30.9 Å². The van der Waals surface area contributed by atoms with Crippen LogP contribution in [0.1, 0.15) is 12.0 Å². The van der Waals surface area contributed by atoms with Crippen molar-refractivity contribution in [2.24, 2.45) is 0 Å². The lowest BCUT2D eigenvalue weighted by molar-refractivity contribution is 0.395. The Labute approximate surface area is 98.1 Å². The van der Waals surface area contributed by atoms with Crippen LogP contribution < -0.4 is 5.32 Å². The molecule has 0 aromatic heterocycles. The van der Waals surface area contributed by atoms with Gasteiger partial charge < -0.3 is 10.4 Å². The van der Waals surface area contributed by atoms with Crippen LogP contribution in [0.4, 0.5) is 8.78 Å². The van der Waals surface area contributed by atoms with Crippen LogP contribution in [-0.2, 0) is 6.54 Å². The van der Waals surface area contributed by atoms with Crippen molar-refractivity contribution in [1.82, 2.24) is 5.32 Å². The number of halogens is 2. The second-order valence-corrected chi connectivity index (χ2v) is 4.42. The fraction of sp³-hybridized carbons (Fsp3) is 0.455. The van der Waals surface area contributed by atoms with Gasteiger partial charge in [0, 0.05) is 6.54 Å². The van der Waals surface area contributed by atoms with Gasteiger partial charge in [0.15, 0.2) is 17.4 Å². The molecule has 0 spiro atoms. The average molecular weight is 247 g/mol. The number of rotatable bonds is 6. The summed E-state index contributed by atoms with van der Waals surface area (Å²) in [5.74, 6) is -1.68. The number of benzene rings is 1. The van der Waals surface area contributed by atoms with Gasteiger partial charge in [-0.15, -0.1) is 0 Å². The van der Waals surface area contributed by atoms with Crippen molar-refractivity contribution in [3.05, 3.63) is 29.3 Å². The smallest absolute Gasteiger partial charge is 0.187 e. The lowest BCUT2D eigenvalue weighted by Gasteiger charge is -2.06. The maximum atomic E-state index is 12.9. The predicted molar refractivity (Wildman–Crippen MR) is 62.7 cm³/mol. The summed E-state index contributed by atoms with van der Waals surface area (Å²) in [6.45, 7) is 1.22. The van der Waals surface area contributed by atoms with Crippen molar-refractivity contribution in [1.29, 1.82) is 0 Å². The summed E-state index contributed by atoms with van der Waals surface area (Å²) in [6, 6.07) is 2.28. The lowest BCUT2D eigenvalue weighted by Crippen LogP contribution is -2.15. The Morgan fingerprint density at radius 2 is 1.94 bits per heavy atom. The number of aromatic hydroxyl groups is 1. The van der Waals surface area contributed by atoms with Gasteiger partial charge in [0.1, 0.15) is 0 Å². The largest absolute Gasteiger partial charge is 0.503 e. The number of thioether (sulfide) groups is 1. The van der Waals surface area contributed by atoms with Crippen LogP contribution in [0.25, 0.3) is 0 Å². The van der Waals surface area contributed by atoms with Gasteiger partial charge in [-0.05, 0) is 42.7 Å². The van der Waals surface area contributed by atoms with Crippen LogP contribution in [0, 0.1) is 11.6 Å². The Balaban J connectivity index is 2.43. The van der Waals surface area contributed by atoms with Crippen molar-refractivity contribution >= 4 is 11.8 Å². The summed E-state index contributed by atoms with van der Waals surface area (Å²) in [4.78, 5) is 0. The van der Waals surface area contributed by atoms with Gasteiger partial charge in [-0.25, -0.2) is 8.78 Å². The zero-order chi connectivity index (χ0) is 12.0. The fourth-order valence-electron chi connectivity index (χ4n) is 1.29. The number of phenolic OH excluding ortho intramolecular Hbond substituents is 1. The monoisotopic (exact) mass is 247 g/mol. The molecule has 0 aliphatic heterocycles. The first kappa shape index (κ1) is 13.3.